The molecule has 0 aliphatic heterocycles. The van der Waals surface area contributed by atoms with Gasteiger partial charge in [-0.15, -0.1) is 0 Å². The first-order valence-corrected chi connectivity index (χ1v) is 4.18. The third-order valence-electron chi connectivity index (χ3n) is 0. The Morgan fingerprint density at radius 1 is 0.778 bits per heavy atom. The van der Waals surface area contributed by atoms with Crippen molar-refractivity contribution in [3.8, 4) is 0 Å². The second-order valence-corrected chi connectivity index (χ2v) is 1.94. The van der Waals surface area contributed by atoms with Gasteiger partial charge in [0.05, 0.1) is 0 Å². The molecule has 0 rings (SSSR count). The number of rotatable bonds is 0. The SMILES string of the molecule is N=[PH](O)O.N=[PH](O)O.[SnH2]. The standard InChI is InChI=1S/2H4NO2P.Sn.2H/c2*1-4(2)3;;;/h2*4H,(H3,1,2,3);;;. The average Bonchev–Trinajstić information content (AvgIpc) is 1.25. The Kier molecular flexibility index (Phi) is 21.8. The zero-order valence-corrected chi connectivity index (χ0v) is 10.5. The van der Waals surface area contributed by atoms with Gasteiger partial charge in [-0.3, -0.25) is 10.3 Å². The van der Waals surface area contributed by atoms with Gasteiger partial charge in [-0.05, 0) is 0 Å². The van der Waals surface area contributed by atoms with Gasteiger partial charge < -0.3 is 19.6 Å². The van der Waals surface area contributed by atoms with Crippen LogP contribution in [-0.2, 0) is 0 Å². The van der Waals surface area contributed by atoms with Gasteiger partial charge in [0.15, 0.2) is 16.3 Å². The molecule has 0 amide bonds. The Morgan fingerprint density at radius 3 is 0.778 bits per heavy atom. The summed E-state index contributed by atoms with van der Waals surface area (Å²) in [5.41, 5.74) is 0. The van der Waals surface area contributed by atoms with Gasteiger partial charge in [-0.25, -0.2) is 0 Å². The quantitative estimate of drug-likeness (QED) is 0.242. The van der Waals surface area contributed by atoms with Crippen LogP contribution in [0.4, 0.5) is 0 Å². The number of hydrogen-bond acceptors (Lipinski definition) is 2. The van der Waals surface area contributed by atoms with Gasteiger partial charge in [0.2, 0.25) is 0 Å². The van der Waals surface area contributed by atoms with Crippen LogP contribution in [-0.4, -0.2) is 43.5 Å². The molecule has 9 heteroatoms. The van der Waals surface area contributed by atoms with Crippen LogP contribution in [0.1, 0.15) is 0 Å². The summed E-state index contributed by atoms with van der Waals surface area (Å²) in [5.74, 6) is 0. The molecule has 9 heavy (non-hydrogen) atoms. The third kappa shape index (κ3) is 380. The first-order valence-electron chi connectivity index (χ1n) is 1.39. The van der Waals surface area contributed by atoms with Crippen molar-refractivity contribution in [3.05, 3.63) is 0 Å². The Labute approximate surface area is 70.4 Å². The summed E-state index contributed by atoms with van der Waals surface area (Å²) in [6, 6.07) is 0. The predicted octanol–water partition coefficient (Wildman–Crippen LogP) is -1.36. The summed E-state index contributed by atoms with van der Waals surface area (Å²) in [6.45, 7) is 0. The summed E-state index contributed by atoms with van der Waals surface area (Å²) in [6.07, 6.45) is 0. The van der Waals surface area contributed by atoms with Crippen molar-refractivity contribution in [3.63, 3.8) is 0 Å². The first-order chi connectivity index (χ1) is 3.46. The molecule has 2 radical (unpaired) electrons. The molecule has 6 N–H and O–H groups in total. The Balaban J connectivity index is -0.0000000720. The van der Waals surface area contributed by atoms with Crippen molar-refractivity contribution in [2.75, 3.05) is 0 Å². The van der Waals surface area contributed by atoms with Crippen LogP contribution in [0.3, 0.4) is 0 Å². The summed E-state index contributed by atoms with van der Waals surface area (Å²) < 4.78 is 0. The van der Waals surface area contributed by atoms with Crippen LogP contribution in [0.2, 0.25) is 0 Å². The molecule has 6 nitrogen and oxygen atoms in total. The van der Waals surface area contributed by atoms with Gasteiger partial charge in [0, 0.05) is 0 Å². The number of hydrogen-bond donors (Lipinski definition) is 6. The van der Waals surface area contributed by atoms with Crippen molar-refractivity contribution in [1.82, 2.24) is 0 Å². The molecule has 0 heterocycles. The van der Waals surface area contributed by atoms with E-state index in [0.717, 1.165) is 0 Å². The topological polar surface area (TPSA) is 129 Å². The molecule has 0 aliphatic carbocycles. The molecule has 0 aromatic rings. The molecule has 0 saturated carbocycles. The van der Waals surface area contributed by atoms with Crippen molar-refractivity contribution in [2.45, 2.75) is 0 Å². The van der Waals surface area contributed by atoms with Gasteiger partial charge >= 0.3 is 23.9 Å². The van der Waals surface area contributed by atoms with Crippen molar-refractivity contribution >= 4 is 40.2 Å². The molecule has 0 atom stereocenters. The molecule has 0 fully saturated rings. The van der Waals surface area contributed by atoms with E-state index in [4.69, 9.17) is 29.9 Å². The van der Waals surface area contributed by atoms with E-state index in [0.29, 0.717) is 0 Å². The van der Waals surface area contributed by atoms with Crippen LogP contribution in [0.5, 0.6) is 0 Å². The maximum atomic E-state index is 7.38. The minimum absolute atomic E-state index is 0. The Bertz CT molecular complexity index is 74.6. The van der Waals surface area contributed by atoms with E-state index in [9.17, 15) is 0 Å². The molecular formula is H10N2O4P2Sn. The monoisotopic (exact) mass is 284 g/mol. The van der Waals surface area contributed by atoms with E-state index in [2.05, 4.69) is 0 Å². The maximum absolute atomic E-state index is 7.38. The van der Waals surface area contributed by atoms with E-state index in [-0.39, 0.29) is 23.9 Å². The molecule has 0 saturated heterocycles. The van der Waals surface area contributed by atoms with Gasteiger partial charge in [-0.2, -0.15) is 0 Å². The summed E-state index contributed by atoms with van der Waals surface area (Å²) in [5, 5.41) is 11.6. The summed E-state index contributed by atoms with van der Waals surface area (Å²) in [7, 11) is -5.26. The van der Waals surface area contributed by atoms with Crippen LogP contribution in [0.25, 0.3) is 0 Å². The van der Waals surface area contributed by atoms with Crippen LogP contribution < -0.4 is 0 Å². The van der Waals surface area contributed by atoms with Crippen LogP contribution >= 0.6 is 16.3 Å². The normalized spacial score (nSPS) is 7.78. The molecule has 0 unspecified atom stereocenters. The van der Waals surface area contributed by atoms with Crippen LogP contribution in [0.15, 0.2) is 0 Å². The molecule has 0 aliphatic rings. The zero-order chi connectivity index (χ0) is 7.15. The molecule has 0 spiro atoms. The van der Waals surface area contributed by atoms with E-state index in [1.165, 1.54) is 0 Å². The van der Waals surface area contributed by atoms with Gasteiger partial charge in [0.1, 0.15) is 0 Å². The fraction of sp³-hybridized carbons (Fsp3) is 0. The van der Waals surface area contributed by atoms with Crippen molar-refractivity contribution < 1.29 is 19.6 Å². The van der Waals surface area contributed by atoms with Gasteiger partial charge in [0.25, 0.3) is 0 Å². The Hall–Kier alpha value is 1.10. The minimum atomic E-state index is -2.63. The second-order valence-electron chi connectivity index (χ2n) is 0.647. The molecule has 58 valence electrons. The molecule has 0 aromatic carbocycles. The van der Waals surface area contributed by atoms with E-state index in [1.807, 2.05) is 0 Å². The van der Waals surface area contributed by atoms with E-state index < -0.39 is 16.3 Å². The molecule has 0 aromatic heterocycles. The number of nitrogens with one attached hydrogen (secondary N) is 2. The average molecular weight is 283 g/mol. The Morgan fingerprint density at radius 2 is 0.778 bits per heavy atom. The van der Waals surface area contributed by atoms with Gasteiger partial charge in [-0.1, -0.05) is 0 Å². The van der Waals surface area contributed by atoms with Crippen molar-refractivity contribution in [2.24, 2.45) is 0 Å². The van der Waals surface area contributed by atoms with Crippen molar-refractivity contribution in [1.29, 1.82) is 10.3 Å². The second kappa shape index (κ2) is 11.8. The van der Waals surface area contributed by atoms with Crippen LogP contribution in [0, 0.1) is 10.3 Å². The molecular weight excluding hydrogens is 273 g/mol. The first kappa shape index (κ1) is 16.6. The third-order valence-corrected chi connectivity index (χ3v) is 0. The molecule has 0 bridgehead atoms. The van der Waals surface area contributed by atoms with E-state index >= 15 is 0 Å². The fourth-order valence-corrected chi connectivity index (χ4v) is 0. The fourth-order valence-electron chi connectivity index (χ4n) is 0. The zero-order valence-electron chi connectivity index (χ0n) is 4.50. The summed E-state index contributed by atoms with van der Waals surface area (Å²) >= 11 is 0. The summed E-state index contributed by atoms with van der Waals surface area (Å²) in [4.78, 5) is 29.5. The predicted molar refractivity (Wildman–Crippen MR) is 39.5 cm³/mol. The van der Waals surface area contributed by atoms with E-state index in [1.54, 1.807) is 0 Å².